The number of carbonyl (C=O) groups excluding carboxylic acids is 2. The molecule has 0 atom stereocenters. The van der Waals surface area contributed by atoms with Gasteiger partial charge < -0.3 is 19.3 Å². The van der Waals surface area contributed by atoms with E-state index in [4.69, 9.17) is 9.47 Å². The van der Waals surface area contributed by atoms with Gasteiger partial charge in [0.05, 0.1) is 14.2 Å². The van der Waals surface area contributed by atoms with Gasteiger partial charge in [-0.2, -0.15) is 0 Å². The molecule has 2 rings (SSSR count). The number of piperazine rings is 1. The highest BCUT2D eigenvalue weighted by atomic mass is 16.5. The fourth-order valence-corrected chi connectivity index (χ4v) is 2.98. The molecule has 1 aliphatic heterocycles. The highest BCUT2D eigenvalue weighted by molar-refractivity contribution is 5.95. The van der Waals surface area contributed by atoms with Crippen LogP contribution in [-0.2, 0) is 4.79 Å². The Balaban J connectivity index is 2.12. The summed E-state index contributed by atoms with van der Waals surface area (Å²) in [7, 11) is 3.15. The zero-order valence-electron chi connectivity index (χ0n) is 16.0. The monoisotopic (exact) mass is 348 g/mol. The lowest BCUT2D eigenvalue weighted by molar-refractivity contribution is -0.140. The van der Waals surface area contributed by atoms with Gasteiger partial charge in [-0.3, -0.25) is 9.59 Å². The number of hydrogen-bond donors (Lipinski definition) is 0. The second-order valence-corrected chi connectivity index (χ2v) is 7.34. The molecule has 6 heteroatoms. The third-order valence-electron chi connectivity index (χ3n) is 4.49. The third kappa shape index (κ3) is 4.06. The number of carbonyl (C=O) groups is 2. The summed E-state index contributed by atoms with van der Waals surface area (Å²) in [4.78, 5) is 28.8. The van der Waals surface area contributed by atoms with E-state index in [1.54, 1.807) is 31.3 Å². The summed E-state index contributed by atoms with van der Waals surface area (Å²) in [6, 6.07) is 3.49. The molecule has 1 saturated heterocycles. The smallest absolute Gasteiger partial charge is 0.254 e. The molecule has 1 aromatic carbocycles. The summed E-state index contributed by atoms with van der Waals surface area (Å²) < 4.78 is 10.7. The maximum absolute atomic E-state index is 12.8. The van der Waals surface area contributed by atoms with Crippen molar-refractivity contribution in [3.63, 3.8) is 0 Å². The zero-order chi connectivity index (χ0) is 18.8. The van der Waals surface area contributed by atoms with Gasteiger partial charge in [-0.15, -0.1) is 0 Å². The van der Waals surface area contributed by atoms with Gasteiger partial charge in [0.25, 0.3) is 5.91 Å². The molecule has 0 aromatic heterocycles. The first-order chi connectivity index (χ1) is 11.7. The predicted octanol–water partition coefficient (Wildman–Crippen LogP) is 2.34. The number of ether oxygens (including phenoxy) is 2. The molecule has 0 aliphatic carbocycles. The van der Waals surface area contributed by atoms with Crippen LogP contribution in [0.25, 0.3) is 0 Å². The molecule has 2 amide bonds. The number of benzene rings is 1. The van der Waals surface area contributed by atoms with Crippen molar-refractivity contribution in [2.45, 2.75) is 27.7 Å². The Morgan fingerprint density at radius 3 is 1.76 bits per heavy atom. The molecule has 0 saturated carbocycles. The van der Waals surface area contributed by atoms with Gasteiger partial charge in [-0.25, -0.2) is 0 Å². The lowest BCUT2D eigenvalue weighted by Gasteiger charge is -2.37. The maximum Gasteiger partial charge on any atom is 0.254 e. The summed E-state index contributed by atoms with van der Waals surface area (Å²) in [5.74, 6) is 1.31. The molecule has 0 unspecified atom stereocenters. The molecular formula is C19H28N2O4. The Kier molecular flexibility index (Phi) is 5.60. The van der Waals surface area contributed by atoms with Crippen LogP contribution in [0.5, 0.6) is 11.5 Å². The average molecular weight is 348 g/mol. The molecule has 25 heavy (non-hydrogen) atoms. The van der Waals surface area contributed by atoms with Crippen molar-refractivity contribution in [2.75, 3.05) is 40.4 Å². The highest BCUT2D eigenvalue weighted by Crippen LogP contribution is 2.30. The van der Waals surface area contributed by atoms with Crippen LogP contribution in [0.15, 0.2) is 12.1 Å². The standard InChI is InChI=1S/C19H28N2O4/c1-13-15(24-5)11-14(12-16(13)25-6)17(22)20-7-9-21(10-8-20)18(23)19(2,3)4/h11-12H,7-10H2,1-6H3. The Morgan fingerprint density at radius 1 is 0.920 bits per heavy atom. The average Bonchev–Trinajstić information content (AvgIpc) is 2.60. The third-order valence-corrected chi connectivity index (χ3v) is 4.49. The van der Waals surface area contributed by atoms with E-state index < -0.39 is 5.41 Å². The van der Waals surface area contributed by atoms with Crippen LogP contribution in [-0.4, -0.2) is 62.0 Å². The zero-order valence-corrected chi connectivity index (χ0v) is 16.0. The van der Waals surface area contributed by atoms with E-state index in [-0.39, 0.29) is 11.8 Å². The van der Waals surface area contributed by atoms with E-state index in [9.17, 15) is 9.59 Å². The van der Waals surface area contributed by atoms with Crippen LogP contribution in [0, 0.1) is 12.3 Å². The van der Waals surface area contributed by atoms with E-state index in [1.807, 2.05) is 32.6 Å². The molecule has 1 aromatic rings. The highest BCUT2D eigenvalue weighted by Gasteiger charge is 2.31. The summed E-state index contributed by atoms with van der Waals surface area (Å²) in [6.07, 6.45) is 0. The van der Waals surface area contributed by atoms with E-state index in [2.05, 4.69) is 0 Å². The van der Waals surface area contributed by atoms with Crippen LogP contribution < -0.4 is 9.47 Å². The second-order valence-electron chi connectivity index (χ2n) is 7.34. The molecule has 1 fully saturated rings. The fourth-order valence-electron chi connectivity index (χ4n) is 2.98. The number of hydrogen-bond acceptors (Lipinski definition) is 4. The van der Waals surface area contributed by atoms with Crippen LogP contribution in [0.3, 0.4) is 0 Å². The first kappa shape index (κ1) is 19.1. The number of amides is 2. The quantitative estimate of drug-likeness (QED) is 0.841. The van der Waals surface area contributed by atoms with Crippen molar-refractivity contribution in [3.8, 4) is 11.5 Å². The molecule has 0 spiro atoms. The minimum absolute atomic E-state index is 0.0699. The van der Waals surface area contributed by atoms with Crippen molar-refractivity contribution in [2.24, 2.45) is 5.41 Å². The van der Waals surface area contributed by atoms with E-state index in [0.29, 0.717) is 43.2 Å². The number of methoxy groups -OCH3 is 2. The molecule has 1 heterocycles. The van der Waals surface area contributed by atoms with Crippen LogP contribution >= 0.6 is 0 Å². The largest absolute Gasteiger partial charge is 0.496 e. The first-order valence-corrected chi connectivity index (χ1v) is 8.50. The van der Waals surface area contributed by atoms with Crippen molar-refractivity contribution < 1.29 is 19.1 Å². The van der Waals surface area contributed by atoms with Crippen molar-refractivity contribution in [1.82, 2.24) is 9.80 Å². The van der Waals surface area contributed by atoms with Gasteiger partial charge in [0.2, 0.25) is 5.91 Å². The van der Waals surface area contributed by atoms with Crippen LogP contribution in [0.4, 0.5) is 0 Å². The Hall–Kier alpha value is -2.24. The minimum Gasteiger partial charge on any atom is -0.496 e. The Morgan fingerprint density at radius 2 is 1.36 bits per heavy atom. The van der Waals surface area contributed by atoms with Gasteiger partial charge in [-0.05, 0) is 19.1 Å². The van der Waals surface area contributed by atoms with Crippen LogP contribution in [0.1, 0.15) is 36.7 Å². The lowest BCUT2D eigenvalue weighted by Crippen LogP contribution is -2.53. The molecule has 0 radical (unpaired) electrons. The molecule has 6 nitrogen and oxygen atoms in total. The molecule has 0 bridgehead atoms. The normalized spacial score (nSPS) is 15.1. The van der Waals surface area contributed by atoms with Gasteiger partial charge in [0.15, 0.2) is 0 Å². The van der Waals surface area contributed by atoms with E-state index >= 15 is 0 Å². The maximum atomic E-state index is 12.8. The Labute approximate surface area is 149 Å². The van der Waals surface area contributed by atoms with Crippen molar-refractivity contribution in [1.29, 1.82) is 0 Å². The topological polar surface area (TPSA) is 59.1 Å². The van der Waals surface area contributed by atoms with Crippen LogP contribution in [0.2, 0.25) is 0 Å². The summed E-state index contributed by atoms with van der Waals surface area (Å²) in [6.45, 7) is 9.80. The number of rotatable bonds is 3. The van der Waals surface area contributed by atoms with E-state index in [1.165, 1.54) is 0 Å². The minimum atomic E-state index is -0.399. The van der Waals surface area contributed by atoms with Gasteiger partial charge in [0.1, 0.15) is 11.5 Å². The van der Waals surface area contributed by atoms with Crippen molar-refractivity contribution >= 4 is 11.8 Å². The number of nitrogens with zero attached hydrogens (tertiary/aromatic N) is 2. The fraction of sp³-hybridized carbons (Fsp3) is 0.579. The summed E-state index contributed by atoms with van der Waals surface area (Å²) in [5.41, 5.74) is 1.00. The molecule has 1 aliphatic rings. The molecular weight excluding hydrogens is 320 g/mol. The second kappa shape index (κ2) is 7.33. The van der Waals surface area contributed by atoms with Gasteiger partial charge >= 0.3 is 0 Å². The van der Waals surface area contributed by atoms with E-state index in [0.717, 1.165) is 5.56 Å². The predicted molar refractivity (Wildman–Crippen MR) is 96.2 cm³/mol. The molecule has 138 valence electrons. The van der Waals surface area contributed by atoms with Crippen molar-refractivity contribution in [3.05, 3.63) is 23.3 Å². The Bertz CT molecular complexity index is 631. The SMILES string of the molecule is COc1cc(C(=O)N2CCN(C(=O)C(C)(C)C)CC2)cc(OC)c1C. The lowest BCUT2D eigenvalue weighted by atomic mass is 9.94. The van der Waals surface area contributed by atoms with Gasteiger partial charge in [-0.1, -0.05) is 20.8 Å². The molecule has 0 N–H and O–H groups in total. The van der Waals surface area contributed by atoms with Gasteiger partial charge in [0, 0.05) is 42.7 Å². The summed E-state index contributed by atoms with van der Waals surface area (Å²) in [5, 5.41) is 0. The first-order valence-electron chi connectivity index (χ1n) is 8.50. The summed E-state index contributed by atoms with van der Waals surface area (Å²) >= 11 is 0.